The highest BCUT2D eigenvalue weighted by molar-refractivity contribution is 14.0. The van der Waals surface area contributed by atoms with Gasteiger partial charge in [0.2, 0.25) is 0 Å². The van der Waals surface area contributed by atoms with E-state index in [0.717, 1.165) is 28.0 Å². The summed E-state index contributed by atoms with van der Waals surface area (Å²) in [5.74, 6) is 1.45. The minimum atomic E-state index is -4.40. The first-order chi connectivity index (χ1) is 14.0. The number of alkyl halides is 3. The molecule has 1 aromatic carbocycles. The average molecular weight is 550 g/mol. The van der Waals surface area contributed by atoms with E-state index >= 15 is 0 Å². The third-order valence-corrected chi connectivity index (χ3v) is 4.89. The quantitative estimate of drug-likeness (QED) is 0.238. The van der Waals surface area contributed by atoms with Crippen LogP contribution in [-0.4, -0.2) is 24.0 Å². The van der Waals surface area contributed by atoms with E-state index in [1.807, 2.05) is 42.5 Å². The zero-order chi connectivity index (χ0) is 20.5. The number of nitrogens with one attached hydrogen (secondary N) is 2. The summed E-state index contributed by atoms with van der Waals surface area (Å²) in [6.45, 7) is 1.53. The van der Waals surface area contributed by atoms with E-state index in [4.69, 9.17) is 4.42 Å². The zero-order valence-corrected chi connectivity index (χ0v) is 19.1. The van der Waals surface area contributed by atoms with Gasteiger partial charge >= 0.3 is 6.18 Å². The van der Waals surface area contributed by atoms with Crippen molar-refractivity contribution in [1.29, 1.82) is 0 Å². The fraction of sp³-hybridized carbons (Fsp3) is 0.300. The first kappa shape index (κ1) is 24.2. The minimum absolute atomic E-state index is 0. The zero-order valence-electron chi connectivity index (χ0n) is 16.0. The number of halogens is 4. The van der Waals surface area contributed by atoms with Gasteiger partial charge in [-0.2, -0.15) is 13.2 Å². The molecule has 2 aromatic heterocycles. The molecule has 0 fully saturated rings. The second-order valence-corrected chi connectivity index (χ2v) is 7.15. The summed E-state index contributed by atoms with van der Waals surface area (Å²) < 4.78 is 43.3. The van der Waals surface area contributed by atoms with Gasteiger partial charge in [0.1, 0.15) is 5.76 Å². The average Bonchev–Trinajstić information content (AvgIpc) is 3.38. The number of hydrogen-bond donors (Lipinski definition) is 2. The van der Waals surface area contributed by atoms with E-state index in [1.54, 1.807) is 6.26 Å². The van der Waals surface area contributed by atoms with Crippen LogP contribution >= 0.6 is 35.3 Å². The predicted molar refractivity (Wildman–Crippen MR) is 122 cm³/mol. The molecular formula is C20H22F3IN4OS. The van der Waals surface area contributed by atoms with Crippen LogP contribution < -0.4 is 10.6 Å². The van der Waals surface area contributed by atoms with Crippen LogP contribution in [0, 0.1) is 0 Å². The molecule has 3 rings (SSSR count). The Morgan fingerprint density at radius 2 is 1.77 bits per heavy atom. The molecule has 0 amide bonds. The molecule has 0 aliphatic rings. The minimum Gasteiger partial charge on any atom is -0.469 e. The van der Waals surface area contributed by atoms with Gasteiger partial charge in [0, 0.05) is 31.3 Å². The summed E-state index contributed by atoms with van der Waals surface area (Å²) in [7, 11) is 0. The van der Waals surface area contributed by atoms with Gasteiger partial charge in [0.05, 0.1) is 17.8 Å². The molecule has 5 nitrogen and oxygen atoms in total. The van der Waals surface area contributed by atoms with Crippen molar-refractivity contribution in [1.82, 2.24) is 15.6 Å². The number of aliphatic imine (C=N–C) groups is 1. The lowest BCUT2D eigenvalue weighted by molar-refractivity contribution is -0.140. The van der Waals surface area contributed by atoms with Crippen LogP contribution in [0.25, 0.3) is 0 Å². The van der Waals surface area contributed by atoms with E-state index in [2.05, 4.69) is 20.6 Å². The van der Waals surface area contributed by atoms with Gasteiger partial charge < -0.3 is 15.1 Å². The number of nitrogens with zero attached hydrogens (tertiary/aromatic N) is 2. The molecule has 162 valence electrons. The Hall–Kier alpha value is -2.08. The van der Waals surface area contributed by atoms with Crippen molar-refractivity contribution in [3.63, 3.8) is 0 Å². The number of hydrogen-bond acceptors (Lipinski definition) is 4. The maximum absolute atomic E-state index is 12.7. The van der Waals surface area contributed by atoms with Crippen molar-refractivity contribution in [2.75, 3.05) is 13.1 Å². The van der Waals surface area contributed by atoms with Crippen LogP contribution in [-0.2, 0) is 25.6 Å². The van der Waals surface area contributed by atoms with Gasteiger partial charge in [-0.25, -0.2) is 9.98 Å². The van der Waals surface area contributed by atoms with Crippen molar-refractivity contribution in [2.45, 2.75) is 25.6 Å². The number of rotatable bonds is 8. The Labute approximate surface area is 193 Å². The van der Waals surface area contributed by atoms with Crippen molar-refractivity contribution >= 4 is 41.3 Å². The lowest BCUT2D eigenvalue weighted by Gasteiger charge is -2.12. The first-order valence-corrected chi connectivity index (χ1v) is 9.99. The molecule has 0 spiro atoms. The molecule has 0 bridgehead atoms. The molecule has 2 heterocycles. The topological polar surface area (TPSA) is 62.5 Å². The molecule has 0 aliphatic carbocycles. The van der Waals surface area contributed by atoms with Crippen LogP contribution in [0.4, 0.5) is 13.2 Å². The van der Waals surface area contributed by atoms with Crippen molar-refractivity contribution in [3.05, 3.63) is 76.1 Å². The molecule has 10 heteroatoms. The number of furan rings is 1. The van der Waals surface area contributed by atoms with E-state index in [1.165, 1.54) is 0 Å². The summed E-state index contributed by atoms with van der Waals surface area (Å²) >= 11 is 1.01. The maximum Gasteiger partial charge on any atom is 0.434 e. The van der Waals surface area contributed by atoms with E-state index in [0.29, 0.717) is 43.4 Å². The largest absolute Gasteiger partial charge is 0.469 e. The van der Waals surface area contributed by atoms with Gasteiger partial charge in [-0.1, -0.05) is 30.3 Å². The van der Waals surface area contributed by atoms with Crippen molar-refractivity contribution in [3.8, 4) is 0 Å². The number of benzene rings is 1. The summed E-state index contributed by atoms with van der Waals surface area (Å²) in [6.07, 6.45) is -1.70. The van der Waals surface area contributed by atoms with Crippen LogP contribution in [0.1, 0.15) is 22.0 Å². The number of guanidine groups is 1. The van der Waals surface area contributed by atoms with Gasteiger partial charge in [0.15, 0.2) is 11.7 Å². The van der Waals surface area contributed by atoms with Crippen LogP contribution in [0.3, 0.4) is 0 Å². The van der Waals surface area contributed by atoms with Gasteiger partial charge in [-0.05, 0) is 17.7 Å². The first-order valence-electron chi connectivity index (χ1n) is 9.11. The molecule has 0 saturated heterocycles. The highest BCUT2D eigenvalue weighted by atomic mass is 127. The van der Waals surface area contributed by atoms with Crippen LogP contribution in [0.2, 0.25) is 0 Å². The molecule has 0 saturated carbocycles. The second-order valence-electron chi connectivity index (χ2n) is 6.21. The SMILES string of the molecule is FC(F)(F)c1csc(CCNC(=NCc2ccccc2)NCCc2ccco2)n1.I. The maximum atomic E-state index is 12.7. The third-order valence-electron chi connectivity index (χ3n) is 3.98. The summed E-state index contributed by atoms with van der Waals surface area (Å²) in [6, 6.07) is 13.5. The van der Waals surface area contributed by atoms with Gasteiger partial charge in [-0.15, -0.1) is 35.3 Å². The Morgan fingerprint density at radius 3 is 2.40 bits per heavy atom. The highest BCUT2D eigenvalue weighted by Crippen LogP contribution is 2.29. The number of aromatic nitrogens is 1. The molecule has 0 aliphatic heterocycles. The monoisotopic (exact) mass is 550 g/mol. The lowest BCUT2D eigenvalue weighted by Crippen LogP contribution is -2.39. The van der Waals surface area contributed by atoms with Crippen molar-refractivity contribution in [2.24, 2.45) is 4.99 Å². The molecule has 30 heavy (non-hydrogen) atoms. The second kappa shape index (κ2) is 11.9. The molecule has 2 N–H and O–H groups in total. The summed E-state index contributed by atoms with van der Waals surface area (Å²) in [5, 5.41) is 7.86. The van der Waals surface area contributed by atoms with Crippen LogP contribution in [0.15, 0.2) is 63.5 Å². The Morgan fingerprint density at radius 1 is 1.03 bits per heavy atom. The van der Waals surface area contributed by atoms with Crippen molar-refractivity contribution < 1.29 is 17.6 Å². The summed E-state index contributed by atoms with van der Waals surface area (Å²) in [5.41, 5.74) is 0.224. The van der Waals surface area contributed by atoms with E-state index < -0.39 is 11.9 Å². The van der Waals surface area contributed by atoms with E-state index in [9.17, 15) is 13.2 Å². The van der Waals surface area contributed by atoms with Crippen LogP contribution in [0.5, 0.6) is 0 Å². The molecule has 0 radical (unpaired) electrons. The van der Waals surface area contributed by atoms with Gasteiger partial charge in [-0.3, -0.25) is 0 Å². The Balaban J connectivity index is 0.00000320. The fourth-order valence-corrected chi connectivity index (χ4v) is 3.34. The number of thiazole rings is 1. The van der Waals surface area contributed by atoms with Gasteiger partial charge in [0.25, 0.3) is 0 Å². The van der Waals surface area contributed by atoms with E-state index in [-0.39, 0.29) is 24.0 Å². The normalized spacial score (nSPS) is 11.8. The predicted octanol–water partition coefficient (Wildman–Crippen LogP) is 4.89. The standard InChI is InChI=1S/C20H21F3N4OS.HI/c21-20(22,23)17-14-29-18(27-17)9-11-25-19(24-10-8-16-7-4-12-28-16)26-13-15-5-2-1-3-6-15;/h1-7,12,14H,8-11,13H2,(H2,24,25,26);1H. The Kier molecular flexibility index (Phi) is 9.63. The molecular weight excluding hydrogens is 528 g/mol. The molecule has 0 unspecified atom stereocenters. The molecule has 0 atom stereocenters. The fourth-order valence-electron chi connectivity index (χ4n) is 2.53. The summed E-state index contributed by atoms with van der Waals surface area (Å²) in [4.78, 5) is 8.20. The lowest BCUT2D eigenvalue weighted by atomic mass is 10.2. The Bertz CT molecular complexity index is 898. The highest BCUT2D eigenvalue weighted by Gasteiger charge is 2.33. The third kappa shape index (κ3) is 7.98. The smallest absolute Gasteiger partial charge is 0.434 e. The molecule has 3 aromatic rings.